The lowest BCUT2D eigenvalue weighted by atomic mass is 9.84. The number of phenolic OH excluding ortho intramolecular Hbond substituents is 3. The number of hydrogen-bond donors (Lipinski definition) is 20. The summed E-state index contributed by atoms with van der Waals surface area (Å²) < 4.78 is 39.4. The van der Waals surface area contributed by atoms with E-state index in [1.807, 2.05) is 42.5 Å². The van der Waals surface area contributed by atoms with E-state index in [2.05, 4.69) is 42.5 Å². The summed E-state index contributed by atoms with van der Waals surface area (Å²) in [5.74, 6) is -17.7. The van der Waals surface area contributed by atoms with Gasteiger partial charge in [0.15, 0.2) is 23.9 Å². The van der Waals surface area contributed by atoms with Crippen molar-refractivity contribution in [2.75, 3.05) is 18.5 Å². The molecule has 7 heterocycles. The Bertz CT molecular complexity index is 4950. The van der Waals surface area contributed by atoms with Crippen molar-refractivity contribution in [1.29, 1.82) is 0 Å². The number of rotatable bonds is 17. The molecule has 18 atom stereocenters. The second-order valence-corrected chi connectivity index (χ2v) is 30.0. The Morgan fingerprint density at radius 2 is 1.28 bits per heavy atom. The molecule has 8 amide bonds. The predicted molar refractivity (Wildman–Crippen MR) is 409 cm³/mol. The van der Waals surface area contributed by atoms with E-state index in [1.54, 1.807) is 39.8 Å². The Morgan fingerprint density at radius 1 is 0.664 bits per heavy atom. The van der Waals surface area contributed by atoms with Crippen molar-refractivity contribution in [1.82, 2.24) is 37.2 Å². The van der Waals surface area contributed by atoms with E-state index in [0.29, 0.717) is 5.69 Å². The largest absolute Gasteiger partial charge is 0.508 e. The van der Waals surface area contributed by atoms with Gasteiger partial charge in [0.2, 0.25) is 59.3 Å². The third kappa shape index (κ3) is 18.3. The highest BCUT2D eigenvalue weighted by atomic mass is 35.5. The molecule has 37 heteroatoms. The molecule has 35 nitrogen and oxygen atoms in total. The molecule has 614 valence electrons. The number of aliphatic carboxylic acids is 1. The molecule has 11 bridgehead atoms. The van der Waals surface area contributed by atoms with E-state index in [9.17, 15) is 75.0 Å². The number of carboxylic acid groups (broad SMARTS) is 1. The summed E-state index contributed by atoms with van der Waals surface area (Å²) in [6.07, 6.45) is -19.1. The van der Waals surface area contributed by atoms with Crippen LogP contribution in [-0.4, -0.2) is 196 Å². The van der Waals surface area contributed by atoms with Gasteiger partial charge in [-0.15, -0.1) is 0 Å². The van der Waals surface area contributed by atoms with Crippen LogP contribution < -0.4 is 68.2 Å². The zero-order valence-electron chi connectivity index (χ0n) is 62.1. The molecule has 0 radical (unpaired) electrons. The van der Waals surface area contributed by atoms with Gasteiger partial charge in [0.05, 0.1) is 40.8 Å². The molecule has 0 aromatic heterocycles. The molecule has 116 heavy (non-hydrogen) atoms. The van der Waals surface area contributed by atoms with Crippen LogP contribution in [0.2, 0.25) is 10.0 Å². The van der Waals surface area contributed by atoms with Crippen LogP contribution in [0.1, 0.15) is 105 Å². The summed E-state index contributed by atoms with van der Waals surface area (Å²) in [5, 5.41) is 135. The summed E-state index contributed by atoms with van der Waals surface area (Å²) in [6, 6.07) is 15.7. The van der Waals surface area contributed by atoms with Crippen LogP contribution >= 0.6 is 23.2 Å². The van der Waals surface area contributed by atoms with Crippen LogP contribution in [0, 0.1) is 5.92 Å². The lowest BCUT2D eigenvalue weighted by Crippen LogP contribution is -2.64. The fourth-order valence-corrected chi connectivity index (χ4v) is 14.8. The van der Waals surface area contributed by atoms with E-state index >= 15 is 19.2 Å². The van der Waals surface area contributed by atoms with E-state index < -0.39 is 255 Å². The van der Waals surface area contributed by atoms with Gasteiger partial charge in [-0.25, -0.2) is 0 Å². The van der Waals surface area contributed by atoms with Crippen LogP contribution in [0.25, 0.3) is 22.3 Å². The Kier molecular flexibility index (Phi) is 25.3. The molecule has 0 spiro atoms. The number of ether oxygens (including phenoxy) is 6. The molecule has 0 saturated carbocycles. The van der Waals surface area contributed by atoms with Gasteiger partial charge in [0, 0.05) is 29.3 Å². The minimum Gasteiger partial charge on any atom is -0.508 e. The molecular weight excluding hydrogens is 1560 g/mol. The second kappa shape index (κ2) is 34.9. The first-order valence-electron chi connectivity index (χ1n) is 36.5. The molecule has 7 aliphatic heterocycles. The summed E-state index contributed by atoms with van der Waals surface area (Å²) in [7, 11) is 0. The van der Waals surface area contributed by atoms with Gasteiger partial charge in [0.25, 0.3) is 0 Å². The zero-order chi connectivity index (χ0) is 83.6. The van der Waals surface area contributed by atoms with Crippen LogP contribution in [-0.2, 0) is 57.4 Å². The van der Waals surface area contributed by atoms with Crippen molar-refractivity contribution < 1.29 is 123 Å². The van der Waals surface area contributed by atoms with Crippen molar-refractivity contribution >= 4 is 82.1 Å². The number of phenols is 3. The fourth-order valence-electron chi connectivity index (χ4n) is 14.4. The maximum atomic E-state index is 16.2. The molecular formula is C79H84Cl2N10O25. The minimum absolute atomic E-state index is 0.0608. The Morgan fingerprint density at radius 3 is 1.90 bits per heavy atom. The third-order valence-corrected chi connectivity index (χ3v) is 20.9. The number of primary amides is 1. The van der Waals surface area contributed by atoms with Gasteiger partial charge in [-0.2, -0.15) is 0 Å². The maximum Gasteiger partial charge on any atom is 0.322 e. The Labute approximate surface area is 670 Å². The number of amides is 8. The molecule has 14 rings (SSSR count). The number of fused-ring (bicyclic) bond motifs is 15. The van der Waals surface area contributed by atoms with Crippen molar-refractivity contribution in [2.24, 2.45) is 17.4 Å². The minimum atomic E-state index is -2.39. The average Bonchev–Trinajstić information content (AvgIpc) is 0.766. The maximum absolute atomic E-state index is 16.2. The molecule has 7 aromatic carbocycles. The van der Waals surface area contributed by atoms with Crippen LogP contribution in [0.15, 0.2) is 133 Å². The van der Waals surface area contributed by atoms with Crippen molar-refractivity contribution in [2.45, 2.75) is 156 Å². The van der Waals surface area contributed by atoms with E-state index in [0.717, 1.165) is 77.9 Å². The molecule has 7 aromatic rings. The zero-order valence-corrected chi connectivity index (χ0v) is 63.6. The highest BCUT2D eigenvalue weighted by Crippen LogP contribution is 2.50. The first kappa shape index (κ1) is 84.0. The second-order valence-electron chi connectivity index (χ2n) is 29.2. The number of hydrogen-bond acceptors (Lipinski definition) is 26. The topological polar surface area (TPSA) is 560 Å². The number of aliphatic hydroxyl groups is 6. The molecule has 0 unspecified atom stereocenters. The summed E-state index contributed by atoms with van der Waals surface area (Å²) in [4.78, 5) is 131. The van der Waals surface area contributed by atoms with Crippen molar-refractivity contribution in [3.63, 3.8) is 0 Å². The van der Waals surface area contributed by atoms with Crippen LogP contribution in [0.3, 0.4) is 0 Å². The molecule has 2 saturated heterocycles. The number of aromatic hydroxyl groups is 3. The van der Waals surface area contributed by atoms with Gasteiger partial charge in [-0.05, 0) is 132 Å². The van der Waals surface area contributed by atoms with Crippen molar-refractivity contribution in [3.8, 4) is 68.2 Å². The van der Waals surface area contributed by atoms with E-state index in [-0.39, 0.29) is 41.2 Å². The number of halogens is 2. The lowest BCUT2D eigenvalue weighted by Gasteiger charge is -2.48. The number of carbonyl (C=O) groups excluding carboxylic acids is 8. The lowest BCUT2D eigenvalue weighted by molar-refractivity contribution is -0.332. The molecule has 2 fully saturated rings. The number of nitrogens with one attached hydrogen (secondary N) is 8. The van der Waals surface area contributed by atoms with E-state index in [1.165, 1.54) is 12.1 Å². The summed E-state index contributed by atoms with van der Waals surface area (Å²) >= 11 is 14.3. The summed E-state index contributed by atoms with van der Waals surface area (Å²) in [6.45, 7) is 4.69. The van der Waals surface area contributed by atoms with Gasteiger partial charge in [-0.3, -0.25) is 43.2 Å². The SMILES string of the molecule is CC(C)C[C@@H](N)C(=O)N[C@H]1C(=O)N[C@@H](CC(N)=O)C(=O)N[C@H]2C(=O)N[C@H]3C(=O)N[C@H](C(=O)N[C@H](C(=O)NCC(=O)O)c4cc(O)cc(O)c4-c4cc3ccc4O)[C@H](O)c3ccc(c(Cl)c3)Oc3cc2cc(c3O[C@@H]2O[C@@H](CO)[C@@H](O)[C@H](O)[C@@H]2O[C@H]2C[C@](C)(Nc3ccc(-c4ccccc4)cc3)[C@H](O)[C@H](C)O2)Oc2ccc(cc2Cl)[C@H]1O. The van der Waals surface area contributed by atoms with Gasteiger partial charge in [0.1, 0.15) is 108 Å². The van der Waals surface area contributed by atoms with Gasteiger partial charge < -0.3 is 133 Å². The normalized spacial score (nSPS) is 27.0. The Balaban J connectivity index is 1.06. The molecule has 0 aliphatic carbocycles. The number of benzene rings is 7. The highest BCUT2D eigenvalue weighted by Gasteiger charge is 2.52. The van der Waals surface area contributed by atoms with Gasteiger partial charge in [-0.1, -0.05) is 97.7 Å². The average molecular weight is 1640 g/mol. The quantitative estimate of drug-likeness (QED) is 0.0623. The number of carbonyl (C=O) groups is 9. The Hall–Kier alpha value is -11.5. The number of aliphatic hydroxyl groups excluding tert-OH is 6. The number of carboxylic acids is 1. The van der Waals surface area contributed by atoms with Crippen LogP contribution in [0.5, 0.6) is 46.0 Å². The summed E-state index contributed by atoms with van der Waals surface area (Å²) in [5.41, 5.74) is 10.2. The number of nitrogens with two attached hydrogens (primary N) is 2. The third-order valence-electron chi connectivity index (χ3n) is 20.3. The van der Waals surface area contributed by atoms with Crippen molar-refractivity contribution in [3.05, 3.63) is 171 Å². The number of anilines is 1. The highest BCUT2D eigenvalue weighted by molar-refractivity contribution is 6.32. The smallest absolute Gasteiger partial charge is 0.322 e. The van der Waals surface area contributed by atoms with Crippen LogP contribution in [0.4, 0.5) is 5.69 Å². The molecule has 7 aliphatic rings. The monoisotopic (exact) mass is 1640 g/mol. The fraction of sp³-hybridized carbons (Fsp3) is 0.354. The van der Waals surface area contributed by atoms with E-state index in [4.69, 9.17) is 63.1 Å². The first-order valence-corrected chi connectivity index (χ1v) is 37.3. The first-order chi connectivity index (χ1) is 55.1. The molecule has 22 N–H and O–H groups in total. The standard InChI is InChI=1S/C79H84Cl2N10O25/c1-32(2)20-46(82)71(104)89-62-64(99)37-13-18-50(44(80)22-37)112-52-24-39-25-53(68(52)116-78-69(67(102)66(101)54(31-92)114-78)115-57-29-79(4,70(103)33(3)111-57)91-40-15-10-35(11-16-40)34-8-6-5-7-9-34)113-51-19-14-38(23-45(51)81)65(100)63-77(110)88-61(73(106)84-30-56(97)98)43-26-41(93)27-49(95)58(43)42-21-36(12-17-48(42)94)59(74(107)90-63)87-75(108)60(39)86-72(105)47(28-55(83)96)85-76(62)109/h5-19,21-27,32-33,46-47,54,57,59-67,69-70,78,91-95,99-103H,20,28-31,82H2,1-4H3,(H2,83,96)(H,84,106)(H,85,109)(H,86,105)(H,87,108)(H,88,110)(H,89,104)(H,90,107)(H,97,98)/t33-,46+,47-,54-,57-,59+,60+,61-,62+,63-,64+,65+,66+,67-,69-,70+,78-,79-/m0/s1. The predicted octanol–water partition coefficient (Wildman–Crippen LogP) is 2.78. The van der Waals surface area contributed by atoms with Gasteiger partial charge >= 0.3 is 5.97 Å².